The number of aromatic nitrogens is 2. The molecule has 0 fully saturated rings. The van der Waals surface area contributed by atoms with Gasteiger partial charge in [0.25, 0.3) is 0 Å². The summed E-state index contributed by atoms with van der Waals surface area (Å²) in [4.78, 5) is 6.85. The third-order valence-electron chi connectivity index (χ3n) is 3.52. The van der Waals surface area contributed by atoms with Gasteiger partial charge in [-0.1, -0.05) is 30.3 Å². The molecular formula is C15H22N4. The first-order valence-corrected chi connectivity index (χ1v) is 6.51. The first kappa shape index (κ1) is 13.8. The zero-order valence-electron chi connectivity index (χ0n) is 12.1. The molecule has 1 aromatic heterocycles. The Bertz CT molecular complexity index is 543. The Morgan fingerprint density at radius 1 is 1.26 bits per heavy atom. The molecule has 0 bridgehead atoms. The van der Waals surface area contributed by atoms with E-state index in [1.54, 1.807) is 0 Å². The first-order valence-electron chi connectivity index (χ1n) is 6.51. The molecule has 19 heavy (non-hydrogen) atoms. The van der Waals surface area contributed by atoms with Crippen LogP contribution in [0.2, 0.25) is 0 Å². The van der Waals surface area contributed by atoms with Crippen molar-refractivity contribution in [2.24, 2.45) is 12.8 Å². The number of likely N-dealkylation sites (N-methyl/N-ethyl adjacent to an activating group) is 1. The van der Waals surface area contributed by atoms with Crippen molar-refractivity contribution in [2.75, 3.05) is 20.6 Å². The van der Waals surface area contributed by atoms with Crippen LogP contribution < -0.4 is 5.73 Å². The Balaban J connectivity index is 2.51. The molecule has 4 heteroatoms. The van der Waals surface area contributed by atoms with E-state index in [0.717, 1.165) is 17.1 Å². The second-order valence-electron chi connectivity index (χ2n) is 5.05. The van der Waals surface area contributed by atoms with Gasteiger partial charge in [0.2, 0.25) is 0 Å². The second-order valence-corrected chi connectivity index (χ2v) is 5.05. The van der Waals surface area contributed by atoms with Crippen LogP contribution in [0.3, 0.4) is 0 Å². The van der Waals surface area contributed by atoms with Crippen LogP contribution in [-0.2, 0) is 7.05 Å². The lowest BCUT2D eigenvalue weighted by atomic mass is 10.1. The fourth-order valence-corrected chi connectivity index (χ4v) is 2.53. The fourth-order valence-electron chi connectivity index (χ4n) is 2.53. The number of nitrogens with two attached hydrogens (primary N) is 1. The zero-order chi connectivity index (χ0) is 14.0. The van der Waals surface area contributed by atoms with Gasteiger partial charge in [-0.05, 0) is 21.0 Å². The van der Waals surface area contributed by atoms with E-state index in [1.807, 2.05) is 39.2 Å². The maximum absolute atomic E-state index is 5.91. The molecule has 0 aliphatic rings. The third kappa shape index (κ3) is 2.55. The van der Waals surface area contributed by atoms with Gasteiger partial charge in [-0.3, -0.25) is 4.90 Å². The number of hydrogen-bond acceptors (Lipinski definition) is 3. The van der Waals surface area contributed by atoms with Crippen LogP contribution in [0.5, 0.6) is 0 Å². The average molecular weight is 258 g/mol. The summed E-state index contributed by atoms with van der Waals surface area (Å²) in [5.41, 5.74) is 9.28. The van der Waals surface area contributed by atoms with Crippen molar-refractivity contribution in [3.63, 3.8) is 0 Å². The molecule has 1 aromatic carbocycles. The SMILES string of the molecule is Cc1nc(-c2ccccc2)n(C)c1C(CN)N(C)C. The lowest BCUT2D eigenvalue weighted by Crippen LogP contribution is -2.29. The van der Waals surface area contributed by atoms with E-state index >= 15 is 0 Å². The van der Waals surface area contributed by atoms with E-state index in [9.17, 15) is 0 Å². The number of hydrogen-bond donors (Lipinski definition) is 1. The maximum atomic E-state index is 5.91. The summed E-state index contributed by atoms with van der Waals surface area (Å²) in [5, 5.41) is 0. The monoisotopic (exact) mass is 258 g/mol. The van der Waals surface area contributed by atoms with Gasteiger partial charge in [-0.25, -0.2) is 4.98 Å². The van der Waals surface area contributed by atoms with Crippen LogP contribution in [0.4, 0.5) is 0 Å². The lowest BCUT2D eigenvalue weighted by molar-refractivity contribution is 0.294. The second kappa shape index (κ2) is 5.55. The minimum Gasteiger partial charge on any atom is -0.329 e. The minimum absolute atomic E-state index is 0.190. The Labute approximate surface area is 114 Å². The number of rotatable bonds is 4. The van der Waals surface area contributed by atoms with Crippen LogP contribution >= 0.6 is 0 Å². The van der Waals surface area contributed by atoms with E-state index in [-0.39, 0.29) is 6.04 Å². The highest BCUT2D eigenvalue weighted by molar-refractivity contribution is 5.56. The van der Waals surface area contributed by atoms with Crippen molar-refractivity contribution < 1.29 is 0 Å². The largest absolute Gasteiger partial charge is 0.329 e. The highest BCUT2D eigenvalue weighted by atomic mass is 15.2. The fraction of sp³-hybridized carbons (Fsp3) is 0.400. The van der Waals surface area contributed by atoms with Crippen molar-refractivity contribution in [2.45, 2.75) is 13.0 Å². The standard InChI is InChI=1S/C15H22N4/c1-11-14(13(10-16)18(2)3)19(4)15(17-11)12-8-6-5-7-9-12/h5-9,13H,10,16H2,1-4H3. The predicted octanol–water partition coefficient (Wildman–Crippen LogP) is 1.96. The van der Waals surface area contributed by atoms with Crippen molar-refractivity contribution in [3.8, 4) is 11.4 Å². The number of aryl methyl sites for hydroxylation is 1. The Morgan fingerprint density at radius 2 is 1.89 bits per heavy atom. The van der Waals surface area contributed by atoms with Crippen molar-refractivity contribution in [3.05, 3.63) is 41.7 Å². The summed E-state index contributed by atoms with van der Waals surface area (Å²) >= 11 is 0. The molecule has 2 N–H and O–H groups in total. The molecule has 2 rings (SSSR count). The van der Waals surface area contributed by atoms with Crippen LogP contribution in [0.1, 0.15) is 17.4 Å². The van der Waals surface area contributed by atoms with Gasteiger partial charge in [0.05, 0.1) is 17.4 Å². The number of nitrogens with zero attached hydrogens (tertiary/aromatic N) is 3. The summed E-state index contributed by atoms with van der Waals surface area (Å²) in [6.07, 6.45) is 0. The Hall–Kier alpha value is -1.65. The van der Waals surface area contributed by atoms with Crippen LogP contribution in [0.15, 0.2) is 30.3 Å². The lowest BCUT2D eigenvalue weighted by Gasteiger charge is -2.24. The molecular weight excluding hydrogens is 236 g/mol. The van der Waals surface area contributed by atoms with Crippen molar-refractivity contribution >= 4 is 0 Å². The molecule has 0 radical (unpaired) electrons. The van der Waals surface area contributed by atoms with E-state index in [2.05, 4.69) is 28.6 Å². The van der Waals surface area contributed by atoms with Gasteiger partial charge in [-0.2, -0.15) is 0 Å². The van der Waals surface area contributed by atoms with Gasteiger partial charge < -0.3 is 10.3 Å². The summed E-state index contributed by atoms with van der Waals surface area (Å²) in [6, 6.07) is 10.4. The first-order chi connectivity index (χ1) is 9.06. The summed E-state index contributed by atoms with van der Waals surface area (Å²) in [7, 11) is 6.15. The van der Waals surface area contributed by atoms with Crippen LogP contribution in [-0.4, -0.2) is 35.1 Å². The maximum Gasteiger partial charge on any atom is 0.140 e. The third-order valence-corrected chi connectivity index (χ3v) is 3.52. The van der Waals surface area contributed by atoms with E-state index < -0.39 is 0 Å². The summed E-state index contributed by atoms with van der Waals surface area (Å²) in [5.74, 6) is 0.994. The normalized spacial score (nSPS) is 12.9. The molecule has 0 aliphatic carbocycles. The summed E-state index contributed by atoms with van der Waals surface area (Å²) in [6.45, 7) is 2.63. The molecule has 0 saturated heterocycles. The molecule has 0 amide bonds. The molecule has 4 nitrogen and oxygen atoms in total. The van der Waals surface area contributed by atoms with Crippen molar-refractivity contribution in [1.29, 1.82) is 0 Å². The number of benzene rings is 1. The highest BCUT2D eigenvalue weighted by Crippen LogP contribution is 2.26. The molecule has 0 spiro atoms. The Morgan fingerprint density at radius 3 is 2.42 bits per heavy atom. The zero-order valence-corrected chi connectivity index (χ0v) is 12.1. The van der Waals surface area contributed by atoms with Gasteiger partial charge in [0, 0.05) is 19.2 Å². The van der Waals surface area contributed by atoms with Crippen molar-refractivity contribution in [1.82, 2.24) is 14.5 Å². The van der Waals surface area contributed by atoms with Crippen LogP contribution in [0.25, 0.3) is 11.4 Å². The predicted molar refractivity (Wildman–Crippen MR) is 78.9 cm³/mol. The minimum atomic E-state index is 0.190. The molecule has 1 unspecified atom stereocenters. The molecule has 0 aliphatic heterocycles. The van der Waals surface area contributed by atoms with Crippen LogP contribution in [0, 0.1) is 6.92 Å². The van der Waals surface area contributed by atoms with Gasteiger partial charge in [0.1, 0.15) is 5.82 Å². The summed E-state index contributed by atoms with van der Waals surface area (Å²) < 4.78 is 2.15. The number of imidazole rings is 1. The van der Waals surface area contributed by atoms with Gasteiger partial charge >= 0.3 is 0 Å². The van der Waals surface area contributed by atoms with E-state index in [4.69, 9.17) is 10.7 Å². The highest BCUT2D eigenvalue weighted by Gasteiger charge is 2.21. The quantitative estimate of drug-likeness (QED) is 0.912. The molecule has 1 heterocycles. The molecule has 2 aromatic rings. The van der Waals surface area contributed by atoms with E-state index in [0.29, 0.717) is 6.54 Å². The average Bonchev–Trinajstić information content (AvgIpc) is 2.68. The Kier molecular flexibility index (Phi) is 4.02. The molecule has 1 atom stereocenters. The topological polar surface area (TPSA) is 47.1 Å². The molecule has 102 valence electrons. The van der Waals surface area contributed by atoms with E-state index in [1.165, 1.54) is 5.69 Å². The smallest absolute Gasteiger partial charge is 0.140 e. The van der Waals surface area contributed by atoms with Gasteiger partial charge in [0.15, 0.2) is 0 Å². The van der Waals surface area contributed by atoms with Gasteiger partial charge in [-0.15, -0.1) is 0 Å². The molecule has 0 saturated carbocycles.